The maximum atomic E-state index is 11.7. The Balaban J connectivity index is 2.62. The van der Waals surface area contributed by atoms with Crippen molar-refractivity contribution in [3.8, 4) is 12.1 Å². The molecule has 0 radical (unpaired) electrons. The highest BCUT2D eigenvalue weighted by molar-refractivity contribution is 5.92. The third kappa shape index (κ3) is 2.55. The minimum atomic E-state index is -0.555. The average molecular weight is 293 g/mol. The van der Waals surface area contributed by atoms with E-state index in [9.17, 15) is 15.3 Å². The number of amides is 1. The number of rotatable bonds is 2. The molecule has 0 saturated carbocycles. The number of aromatic nitrogens is 1. The number of nitrogens with zero attached hydrogens (tertiary/aromatic N) is 3. The summed E-state index contributed by atoms with van der Waals surface area (Å²) in [6.07, 6.45) is 0. The van der Waals surface area contributed by atoms with Gasteiger partial charge in [0.05, 0.1) is 34.9 Å². The lowest BCUT2D eigenvalue weighted by atomic mass is 9.84. The summed E-state index contributed by atoms with van der Waals surface area (Å²) in [5.74, 6) is -0.866. The molecule has 110 valence electrons. The van der Waals surface area contributed by atoms with Crippen LogP contribution >= 0.6 is 0 Å². The number of nitriles is 2. The number of allylic oxidation sites excluding steroid dienone is 4. The molecule has 1 aliphatic rings. The zero-order valence-electron chi connectivity index (χ0n) is 12.6. The molecule has 1 aromatic rings. The van der Waals surface area contributed by atoms with E-state index in [0.717, 1.165) is 0 Å². The Bertz CT molecular complexity index is 740. The van der Waals surface area contributed by atoms with Crippen LogP contribution < -0.4 is 10.6 Å². The van der Waals surface area contributed by atoms with Gasteiger partial charge in [0.1, 0.15) is 5.69 Å². The van der Waals surface area contributed by atoms with E-state index in [1.165, 1.54) is 7.05 Å². The molecule has 0 atom stereocenters. The second-order valence-electron chi connectivity index (χ2n) is 4.89. The molecule has 6 nitrogen and oxygen atoms in total. The number of carbonyl (C=O) groups is 1. The first-order chi connectivity index (χ1) is 10.5. The van der Waals surface area contributed by atoms with E-state index in [1.807, 2.05) is 0 Å². The summed E-state index contributed by atoms with van der Waals surface area (Å²) in [5.41, 5.74) is 3.01. The first kappa shape index (κ1) is 15.3. The second-order valence-corrected chi connectivity index (χ2v) is 4.89. The van der Waals surface area contributed by atoms with Gasteiger partial charge in [-0.2, -0.15) is 10.5 Å². The fourth-order valence-corrected chi connectivity index (χ4v) is 2.45. The molecule has 0 unspecified atom stereocenters. The van der Waals surface area contributed by atoms with Gasteiger partial charge in [-0.1, -0.05) is 6.07 Å². The summed E-state index contributed by atoms with van der Waals surface area (Å²) >= 11 is 0. The normalized spacial score (nSPS) is 15.0. The van der Waals surface area contributed by atoms with Crippen LogP contribution in [0.4, 0.5) is 0 Å². The molecular formula is C16H15N5O. The number of hydrogen-bond donors (Lipinski definition) is 2. The van der Waals surface area contributed by atoms with Crippen molar-refractivity contribution in [2.45, 2.75) is 19.8 Å². The zero-order valence-corrected chi connectivity index (χ0v) is 12.6. The second kappa shape index (κ2) is 6.11. The monoisotopic (exact) mass is 293 g/mol. The number of carbonyl (C=O) groups excluding carboxylic acids is 1. The van der Waals surface area contributed by atoms with Gasteiger partial charge in [0.25, 0.3) is 5.91 Å². The maximum Gasteiger partial charge on any atom is 0.269 e. The number of nitrogens with one attached hydrogen (secondary N) is 2. The Morgan fingerprint density at radius 2 is 1.82 bits per heavy atom. The SMILES string of the molecule is CNC(=O)c1cccc(C2C(C#N)=C(C)NC(C)=C2C#N)n1. The number of pyridine rings is 1. The van der Waals surface area contributed by atoms with E-state index in [-0.39, 0.29) is 11.6 Å². The third-order valence-electron chi connectivity index (χ3n) is 3.53. The van der Waals surface area contributed by atoms with Gasteiger partial charge in [-0.05, 0) is 26.0 Å². The Morgan fingerprint density at radius 1 is 1.23 bits per heavy atom. The fraction of sp³-hybridized carbons (Fsp3) is 0.250. The van der Waals surface area contributed by atoms with Crippen LogP contribution in [0.5, 0.6) is 0 Å². The number of hydrogen-bond acceptors (Lipinski definition) is 5. The molecule has 2 N–H and O–H groups in total. The quantitative estimate of drug-likeness (QED) is 0.864. The van der Waals surface area contributed by atoms with Crippen molar-refractivity contribution in [2.24, 2.45) is 0 Å². The standard InChI is InChI=1S/C16H15N5O/c1-9-11(7-17)15(12(8-18)10(2)20-9)13-5-4-6-14(21-13)16(22)19-3/h4-6,15,20H,1-3H3,(H,19,22). The Morgan fingerprint density at radius 3 is 2.32 bits per heavy atom. The first-order valence-electron chi connectivity index (χ1n) is 6.71. The van der Waals surface area contributed by atoms with Gasteiger partial charge in [-0.15, -0.1) is 0 Å². The van der Waals surface area contributed by atoms with Crippen LogP contribution in [0.3, 0.4) is 0 Å². The smallest absolute Gasteiger partial charge is 0.269 e. The van der Waals surface area contributed by atoms with Crippen molar-refractivity contribution in [3.63, 3.8) is 0 Å². The van der Waals surface area contributed by atoms with Crippen LogP contribution in [0.25, 0.3) is 0 Å². The molecule has 1 amide bonds. The summed E-state index contributed by atoms with van der Waals surface area (Å²) in [7, 11) is 1.52. The lowest BCUT2D eigenvalue weighted by Crippen LogP contribution is -2.25. The molecule has 0 bridgehead atoms. The predicted octanol–water partition coefficient (Wildman–Crippen LogP) is 1.72. The topological polar surface area (TPSA) is 102 Å². The van der Waals surface area contributed by atoms with E-state index in [4.69, 9.17) is 0 Å². The molecule has 2 rings (SSSR count). The molecule has 0 aromatic carbocycles. The van der Waals surface area contributed by atoms with Crippen LogP contribution in [0.1, 0.15) is 35.9 Å². The molecule has 2 heterocycles. The summed E-state index contributed by atoms with van der Waals surface area (Å²) in [6.45, 7) is 3.57. The van der Waals surface area contributed by atoms with Gasteiger partial charge < -0.3 is 10.6 Å². The summed E-state index contributed by atoms with van der Waals surface area (Å²) < 4.78 is 0. The molecule has 1 aliphatic heterocycles. The van der Waals surface area contributed by atoms with Crippen LogP contribution in [0.2, 0.25) is 0 Å². The van der Waals surface area contributed by atoms with Gasteiger partial charge in [0, 0.05) is 18.4 Å². The van der Waals surface area contributed by atoms with Gasteiger partial charge >= 0.3 is 0 Å². The molecule has 0 aliphatic carbocycles. The van der Waals surface area contributed by atoms with Gasteiger partial charge in [0.2, 0.25) is 0 Å². The molecule has 0 spiro atoms. The molecule has 0 saturated heterocycles. The van der Waals surface area contributed by atoms with Crippen molar-refractivity contribution in [2.75, 3.05) is 7.05 Å². The van der Waals surface area contributed by atoms with E-state index in [2.05, 4.69) is 27.8 Å². The van der Waals surface area contributed by atoms with Crippen molar-refractivity contribution in [3.05, 3.63) is 52.1 Å². The van der Waals surface area contributed by atoms with Gasteiger partial charge in [-0.25, -0.2) is 4.98 Å². The highest BCUT2D eigenvalue weighted by Gasteiger charge is 2.30. The minimum Gasteiger partial charge on any atom is -0.361 e. The van der Waals surface area contributed by atoms with E-state index >= 15 is 0 Å². The van der Waals surface area contributed by atoms with Crippen molar-refractivity contribution < 1.29 is 4.79 Å². The molecule has 6 heteroatoms. The third-order valence-corrected chi connectivity index (χ3v) is 3.53. The first-order valence-corrected chi connectivity index (χ1v) is 6.71. The molecule has 0 fully saturated rings. The Labute approximate surface area is 128 Å². The lowest BCUT2D eigenvalue weighted by Gasteiger charge is -2.25. The van der Waals surface area contributed by atoms with E-state index in [1.54, 1.807) is 32.0 Å². The molecule has 22 heavy (non-hydrogen) atoms. The highest BCUT2D eigenvalue weighted by atomic mass is 16.1. The minimum absolute atomic E-state index is 0.253. The largest absolute Gasteiger partial charge is 0.361 e. The molecular weight excluding hydrogens is 278 g/mol. The maximum absolute atomic E-state index is 11.7. The average Bonchev–Trinajstić information content (AvgIpc) is 2.53. The zero-order chi connectivity index (χ0) is 16.3. The lowest BCUT2D eigenvalue weighted by molar-refractivity contribution is 0.0958. The highest BCUT2D eigenvalue weighted by Crippen LogP contribution is 2.36. The van der Waals surface area contributed by atoms with E-state index in [0.29, 0.717) is 28.2 Å². The summed E-state index contributed by atoms with van der Waals surface area (Å²) in [4.78, 5) is 16.1. The molecule has 1 aromatic heterocycles. The van der Waals surface area contributed by atoms with E-state index < -0.39 is 5.92 Å². The Kier molecular flexibility index (Phi) is 4.24. The van der Waals surface area contributed by atoms with Gasteiger partial charge in [0.15, 0.2) is 0 Å². The van der Waals surface area contributed by atoms with Crippen LogP contribution in [-0.2, 0) is 0 Å². The van der Waals surface area contributed by atoms with Crippen molar-refractivity contribution in [1.29, 1.82) is 10.5 Å². The van der Waals surface area contributed by atoms with Crippen LogP contribution in [-0.4, -0.2) is 17.9 Å². The fourth-order valence-electron chi connectivity index (χ4n) is 2.45. The van der Waals surface area contributed by atoms with Crippen molar-refractivity contribution >= 4 is 5.91 Å². The van der Waals surface area contributed by atoms with Crippen LogP contribution in [0, 0.1) is 22.7 Å². The van der Waals surface area contributed by atoms with Crippen LogP contribution in [0.15, 0.2) is 40.7 Å². The Hall–Kier alpha value is -3.12. The number of dihydropyridines is 1. The van der Waals surface area contributed by atoms with Gasteiger partial charge in [-0.3, -0.25) is 4.79 Å². The predicted molar refractivity (Wildman–Crippen MR) is 80.1 cm³/mol. The van der Waals surface area contributed by atoms with Crippen molar-refractivity contribution in [1.82, 2.24) is 15.6 Å². The summed E-state index contributed by atoms with van der Waals surface area (Å²) in [6, 6.07) is 9.29. The summed E-state index contributed by atoms with van der Waals surface area (Å²) in [5, 5.41) is 24.4.